The van der Waals surface area contributed by atoms with E-state index >= 15 is 0 Å². The second-order valence-electron chi connectivity index (χ2n) is 7.69. The van der Waals surface area contributed by atoms with E-state index < -0.39 is 4.87 Å². The molecule has 5 nitrogen and oxygen atoms in total. The number of thioether (sulfide) groups is 1. The second kappa shape index (κ2) is 8.12. The van der Waals surface area contributed by atoms with Crippen molar-refractivity contribution in [2.45, 2.75) is 35.8 Å². The Bertz CT molecular complexity index is 1130. The predicted octanol–water partition coefficient (Wildman–Crippen LogP) is 4.51. The maximum absolute atomic E-state index is 13.3. The first-order valence-corrected chi connectivity index (χ1v) is 11.1. The molecule has 1 fully saturated rings. The molecule has 5 rings (SSSR count). The number of nitrogens with zero attached hydrogens (tertiary/aromatic N) is 1. The van der Waals surface area contributed by atoms with Crippen molar-refractivity contribution < 1.29 is 14.3 Å². The fourth-order valence-electron chi connectivity index (χ4n) is 4.13. The number of hydrogen-bond acceptors (Lipinski definition) is 4. The van der Waals surface area contributed by atoms with E-state index in [1.807, 2.05) is 78.9 Å². The maximum Gasteiger partial charge on any atom is 0.257 e. The smallest absolute Gasteiger partial charge is 0.257 e. The zero-order valence-corrected chi connectivity index (χ0v) is 17.7. The van der Waals surface area contributed by atoms with E-state index in [0.29, 0.717) is 26.0 Å². The monoisotopic (exact) mass is 430 g/mol. The van der Waals surface area contributed by atoms with Gasteiger partial charge in [0.15, 0.2) is 4.87 Å². The summed E-state index contributed by atoms with van der Waals surface area (Å²) >= 11 is 1.48. The van der Waals surface area contributed by atoms with Gasteiger partial charge in [-0.1, -0.05) is 66.4 Å². The van der Waals surface area contributed by atoms with Crippen LogP contribution in [0.4, 0.5) is 5.69 Å². The van der Waals surface area contributed by atoms with Gasteiger partial charge in [0.2, 0.25) is 5.91 Å². The van der Waals surface area contributed by atoms with E-state index in [4.69, 9.17) is 4.74 Å². The first kappa shape index (κ1) is 19.7. The second-order valence-corrected chi connectivity index (χ2v) is 9.01. The molecule has 156 valence electrons. The summed E-state index contributed by atoms with van der Waals surface area (Å²) in [6, 6.07) is 25.4. The summed E-state index contributed by atoms with van der Waals surface area (Å²) in [7, 11) is 0. The molecule has 3 aromatic rings. The molecular formula is C25H22N2O3S. The molecule has 2 amide bonds. The summed E-state index contributed by atoms with van der Waals surface area (Å²) in [5.41, 5.74) is 2.87. The highest BCUT2D eigenvalue weighted by Gasteiger charge is 2.57. The highest BCUT2D eigenvalue weighted by molar-refractivity contribution is 8.02. The summed E-state index contributed by atoms with van der Waals surface area (Å²) in [5.74, 6) is 0.710. The molecule has 1 N–H and O–H groups in total. The molecule has 0 radical (unpaired) electrons. The Labute approximate surface area is 185 Å². The van der Waals surface area contributed by atoms with E-state index in [1.54, 1.807) is 4.90 Å². The minimum atomic E-state index is -0.880. The van der Waals surface area contributed by atoms with Crippen LogP contribution in [0.25, 0.3) is 0 Å². The summed E-state index contributed by atoms with van der Waals surface area (Å²) < 4.78 is 5.82. The lowest BCUT2D eigenvalue weighted by molar-refractivity contribution is -0.124. The third-order valence-electron chi connectivity index (χ3n) is 5.62. The number of benzene rings is 3. The van der Waals surface area contributed by atoms with Crippen LogP contribution >= 0.6 is 11.8 Å². The molecule has 6 heteroatoms. The third-order valence-corrected chi connectivity index (χ3v) is 7.10. The maximum atomic E-state index is 13.3. The van der Waals surface area contributed by atoms with Crippen LogP contribution in [0.3, 0.4) is 0 Å². The zero-order valence-electron chi connectivity index (χ0n) is 16.9. The Hall–Kier alpha value is -3.25. The van der Waals surface area contributed by atoms with Crippen LogP contribution in [0.2, 0.25) is 0 Å². The van der Waals surface area contributed by atoms with Gasteiger partial charge in [0, 0.05) is 17.9 Å². The van der Waals surface area contributed by atoms with Crippen LogP contribution in [0.15, 0.2) is 83.8 Å². The number of para-hydroxylation sites is 2. The van der Waals surface area contributed by atoms with Crippen molar-refractivity contribution in [1.82, 2.24) is 5.32 Å². The van der Waals surface area contributed by atoms with Crippen molar-refractivity contribution in [3.8, 4) is 5.75 Å². The van der Waals surface area contributed by atoms with E-state index in [2.05, 4.69) is 5.32 Å². The predicted molar refractivity (Wildman–Crippen MR) is 121 cm³/mol. The Morgan fingerprint density at radius 3 is 2.65 bits per heavy atom. The Kier molecular flexibility index (Phi) is 5.16. The molecule has 0 bridgehead atoms. The first-order chi connectivity index (χ1) is 15.2. The number of nitrogens with one attached hydrogen (secondary N) is 1. The van der Waals surface area contributed by atoms with Gasteiger partial charge in [-0.3, -0.25) is 14.5 Å². The topological polar surface area (TPSA) is 58.6 Å². The lowest BCUT2D eigenvalue weighted by Gasteiger charge is -2.29. The lowest BCUT2D eigenvalue weighted by Crippen LogP contribution is -2.52. The van der Waals surface area contributed by atoms with Crippen LogP contribution in [-0.2, 0) is 22.7 Å². The number of hydrogen-bond donors (Lipinski definition) is 1. The SMILES string of the molecule is O=C1CCC2(C(=O)NCc3cccc(COc4ccccc4)c3)Sc3ccccc3N12. The van der Waals surface area contributed by atoms with E-state index in [9.17, 15) is 9.59 Å². The van der Waals surface area contributed by atoms with Crippen molar-refractivity contribution in [1.29, 1.82) is 0 Å². The van der Waals surface area contributed by atoms with Gasteiger partial charge in [-0.15, -0.1) is 0 Å². The summed E-state index contributed by atoms with van der Waals surface area (Å²) in [4.78, 5) is 27.6. The van der Waals surface area contributed by atoms with Crippen LogP contribution in [0.1, 0.15) is 24.0 Å². The van der Waals surface area contributed by atoms with Crippen LogP contribution in [0.5, 0.6) is 5.75 Å². The van der Waals surface area contributed by atoms with Crippen LogP contribution in [0, 0.1) is 0 Å². The largest absolute Gasteiger partial charge is 0.489 e. The molecule has 0 aliphatic carbocycles. The number of rotatable bonds is 6. The molecule has 1 atom stereocenters. The minimum Gasteiger partial charge on any atom is -0.489 e. The quantitative estimate of drug-likeness (QED) is 0.625. The first-order valence-electron chi connectivity index (χ1n) is 10.3. The van der Waals surface area contributed by atoms with E-state index in [0.717, 1.165) is 27.5 Å². The van der Waals surface area contributed by atoms with Gasteiger partial charge in [-0.05, 0) is 41.8 Å². The van der Waals surface area contributed by atoms with Gasteiger partial charge in [-0.2, -0.15) is 0 Å². The molecule has 3 aromatic carbocycles. The minimum absolute atomic E-state index is 0.00709. The third kappa shape index (κ3) is 3.68. The molecule has 0 spiro atoms. The van der Waals surface area contributed by atoms with Crippen molar-refractivity contribution in [3.63, 3.8) is 0 Å². The van der Waals surface area contributed by atoms with Gasteiger partial charge in [-0.25, -0.2) is 0 Å². The van der Waals surface area contributed by atoms with Crippen molar-refractivity contribution >= 4 is 29.3 Å². The Balaban J connectivity index is 1.26. The summed E-state index contributed by atoms with van der Waals surface area (Å²) in [6.07, 6.45) is 0.906. The Morgan fingerprint density at radius 1 is 1.00 bits per heavy atom. The molecule has 2 aliphatic rings. The standard InChI is InChI=1S/C25H22N2O3S/c28-23-13-14-25(27(23)21-11-4-5-12-22(21)31-25)24(29)26-16-18-7-6-8-19(15-18)17-30-20-9-2-1-3-10-20/h1-12,15H,13-14,16-17H2,(H,26,29). The van der Waals surface area contributed by atoms with Gasteiger partial charge in [0.25, 0.3) is 5.91 Å². The van der Waals surface area contributed by atoms with Crippen molar-refractivity contribution in [3.05, 3.63) is 90.0 Å². The average Bonchev–Trinajstić information content (AvgIpc) is 3.33. The van der Waals surface area contributed by atoms with Gasteiger partial charge in [0.1, 0.15) is 12.4 Å². The molecular weight excluding hydrogens is 408 g/mol. The molecule has 2 heterocycles. The number of amides is 2. The summed E-state index contributed by atoms with van der Waals surface area (Å²) in [6.45, 7) is 0.863. The zero-order chi connectivity index (χ0) is 21.3. The average molecular weight is 431 g/mol. The summed E-state index contributed by atoms with van der Waals surface area (Å²) in [5, 5.41) is 3.07. The number of carbonyl (C=O) groups is 2. The number of carbonyl (C=O) groups excluding carboxylic acids is 2. The number of anilines is 1. The van der Waals surface area contributed by atoms with Gasteiger partial charge < -0.3 is 10.1 Å². The van der Waals surface area contributed by atoms with Gasteiger partial charge >= 0.3 is 0 Å². The fourth-order valence-corrected chi connectivity index (χ4v) is 5.57. The molecule has 0 aromatic heterocycles. The number of ether oxygens (including phenoxy) is 1. The highest BCUT2D eigenvalue weighted by atomic mass is 32.2. The molecule has 0 saturated carbocycles. The van der Waals surface area contributed by atoms with Crippen LogP contribution < -0.4 is 15.0 Å². The molecule has 1 unspecified atom stereocenters. The van der Waals surface area contributed by atoms with Crippen molar-refractivity contribution in [2.24, 2.45) is 0 Å². The van der Waals surface area contributed by atoms with E-state index in [1.165, 1.54) is 11.8 Å². The highest BCUT2D eigenvalue weighted by Crippen LogP contribution is 2.55. The number of fused-ring (bicyclic) bond motifs is 3. The van der Waals surface area contributed by atoms with Gasteiger partial charge in [0.05, 0.1) is 5.69 Å². The molecule has 1 saturated heterocycles. The normalized spacial score (nSPS) is 19.1. The van der Waals surface area contributed by atoms with Crippen LogP contribution in [-0.4, -0.2) is 16.7 Å². The molecule has 31 heavy (non-hydrogen) atoms. The van der Waals surface area contributed by atoms with Crippen molar-refractivity contribution in [2.75, 3.05) is 4.90 Å². The molecule has 2 aliphatic heterocycles. The van der Waals surface area contributed by atoms with E-state index in [-0.39, 0.29) is 11.8 Å². The lowest BCUT2D eigenvalue weighted by atomic mass is 10.1. The Morgan fingerprint density at radius 2 is 1.77 bits per heavy atom. The fraction of sp³-hybridized carbons (Fsp3) is 0.200.